The molecule has 0 spiro atoms. The summed E-state index contributed by atoms with van der Waals surface area (Å²) in [5.41, 5.74) is -2.50. The third kappa shape index (κ3) is 18.6. The topological polar surface area (TPSA) is 289 Å². The van der Waals surface area contributed by atoms with Crippen molar-refractivity contribution in [2.45, 2.75) is 38.6 Å². The largest absolute Gasteiger partial charge is 0.491 e. The first-order chi connectivity index (χ1) is 27.6. The van der Waals surface area contributed by atoms with Crippen LogP contribution >= 0.6 is 0 Å². The summed E-state index contributed by atoms with van der Waals surface area (Å²) in [6.07, 6.45) is 0.854. The van der Waals surface area contributed by atoms with E-state index in [4.69, 9.17) is 18.9 Å². The van der Waals surface area contributed by atoms with Crippen LogP contribution in [0.4, 0.5) is 8.78 Å². The molecule has 0 radical (unpaired) electrons. The molecule has 4 amide bonds. The van der Waals surface area contributed by atoms with Crippen molar-refractivity contribution in [3.05, 3.63) is 58.7 Å². The van der Waals surface area contributed by atoms with Crippen LogP contribution in [0.3, 0.4) is 0 Å². The molecule has 318 valence electrons. The van der Waals surface area contributed by atoms with Crippen LogP contribution in [0.25, 0.3) is 0 Å². The summed E-state index contributed by atoms with van der Waals surface area (Å²) in [4.78, 5) is 72.8. The van der Waals surface area contributed by atoms with Crippen molar-refractivity contribution in [3.63, 3.8) is 0 Å². The number of benzene rings is 2. The number of hydrogen-bond donors (Lipinski definition) is 9. The van der Waals surface area contributed by atoms with Gasteiger partial charge >= 0.3 is 20.2 Å². The van der Waals surface area contributed by atoms with E-state index in [-0.39, 0.29) is 101 Å². The van der Waals surface area contributed by atoms with Gasteiger partial charge in [0.1, 0.15) is 30.9 Å². The molecule has 9 N–H and O–H groups in total. The van der Waals surface area contributed by atoms with Gasteiger partial charge in [-0.15, -0.1) is 0 Å². The minimum Gasteiger partial charge on any atom is -0.480 e. The predicted octanol–water partition coefficient (Wildman–Crippen LogP) is -3.27. The fourth-order valence-electron chi connectivity index (χ4n) is 4.90. The van der Waals surface area contributed by atoms with Gasteiger partial charge in [-0.1, -0.05) is 13.0 Å². The second-order valence-electron chi connectivity index (χ2n) is 12.4. The molecule has 23 heteroatoms. The molecular weight excluding hydrogens is 776 g/mol. The highest BCUT2D eigenvalue weighted by molar-refractivity contribution is 6.59. The third-order valence-corrected chi connectivity index (χ3v) is 7.89. The summed E-state index contributed by atoms with van der Waals surface area (Å²) in [5.74, 6) is -6.98. The van der Waals surface area contributed by atoms with Crippen LogP contribution in [0, 0.1) is 11.6 Å². The van der Waals surface area contributed by atoms with Crippen LogP contribution in [0.1, 0.15) is 58.9 Å². The summed E-state index contributed by atoms with van der Waals surface area (Å²) >= 11 is 0. The summed E-state index contributed by atoms with van der Waals surface area (Å²) < 4.78 is 49.4. The molecule has 0 bridgehead atoms. The Bertz CT molecular complexity index is 1690. The van der Waals surface area contributed by atoms with E-state index >= 15 is 0 Å². The second kappa shape index (κ2) is 26.9. The van der Waals surface area contributed by atoms with E-state index in [1.165, 1.54) is 0 Å². The number of unbranched alkanes of at least 4 members (excludes halogenated alkanes) is 1. The van der Waals surface area contributed by atoms with E-state index < -0.39 is 78.7 Å². The number of rotatable bonds is 29. The summed E-state index contributed by atoms with van der Waals surface area (Å²) in [6, 6.07) is 2.64. The van der Waals surface area contributed by atoms with Crippen molar-refractivity contribution in [1.82, 2.24) is 21.3 Å². The molecule has 2 aromatic rings. The molecule has 19 nitrogen and oxygen atoms in total. The zero-order valence-corrected chi connectivity index (χ0v) is 31.8. The van der Waals surface area contributed by atoms with Crippen LogP contribution in [0.5, 0.6) is 0 Å². The van der Waals surface area contributed by atoms with Crippen LogP contribution in [0.2, 0.25) is 0 Å². The van der Waals surface area contributed by atoms with Crippen LogP contribution in [-0.4, -0.2) is 153 Å². The molecule has 2 aromatic carbocycles. The zero-order valence-electron chi connectivity index (χ0n) is 31.8. The number of hydrogen-bond acceptors (Lipinski definition) is 14. The lowest BCUT2D eigenvalue weighted by Crippen LogP contribution is -2.42. The van der Waals surface area contributed by atoms with Crippen LogP contribution in [-0.2, 0) is 38.1 Å². The molecule has 0 aliphatic rings. The van der Waals surface area contributed by atoms with Gasteiger partial charge in [-0.25, -0.2) is 13.6 Å². The predicted molar refractivity (Wildman–Crippen MR) is 201 cm³/mol. The van der Waals surface area contributed by atoms with E-state index in [0.717, 1.165) is 18.2 Å². The molecule has 58 heavy (non-hydrogen) atoms. The Balaban J connectivity index is 1.66. The Labute approximate surface area is 333 Å². The molecule has 0 heterocycles. The second-order valence-corrected chi connectivity index (χ2v) is 12.4. The van der Waals surface area contributed by atoms with Gasteiger partial charge < -0.3 is 65.4 Å². The molecule has 0 fully saturated rings. The van der Waals surface area contributed by atoms with Crippen molar-refractivity contribution >= 4 is 60.5 Å². The lowest BCUT2D eigenvalue weighted by atomic mass is 9.76. The lowest BCUT2D eigenvalue weighted by Gasteiger charge is -2.15. The molecular formula is C35H48B2F2N4O15. The SMILES string of the molecule is CCC(=O)NCCOCCOCC(=O)NCCOCCOCC(=O)N[C@@H](CCCCNC(=O)c1cc(B(O)O)cc(C(=O)c2cc(B(O)O)c(F)cc2F)c1)C(=O)O. The number of halogens is 2. The van der Waals surface area contributed by atoms with Crippen LogP contribution < -0.4 is 32.2 Å². The number of ketones is 1. The number of nitrogens with one attached hydrogen (secondary N) is 4. The van der Waals surface area contributed by atoms with Gasteiger partial charge in [0.2, 0.25) is 17.7 Å². The normalized spacial score (nSPS) is 11.4. The van der Waals surface area contributed by atoms with E-state index in [1.54, 1.807) is 6.92 Å². The number of amides is 4. The maximum atomic E-state index is 14.5. The monoisotopic (exact) mass is 824 g/mol. The number of carboxylic acid groups (broad SMARTS) is 1. The van der Waals surface area contributed by atoms with Gasteiger partial charge in [-0.3, -0.25) is 24.0 Å². The minimum atomic E-state index is -2.36. The zero-order chi connectivity index (χ0) is 43.0. The highest BCUT2D eigenvalue weighted by atomic mass is 19.1. The minimum absolute atomic E-state index is 0.00225. The van der Waals surface area contributed by atoms with Gasteiger partial charge in [-0.2, -0.15) is 0 Å². The third-order valence-electron chi connectivity index (χ3n) is 7.89. The summed E-state index contributed by atoms with van der Waals surface area (Å²) in [5, 5.41) is 57.7. The van der Waals surface area contributed by atoms with Crippen molar-refractivity contribution < 1.29 is 81.7 Å². The fourth-order valence-corrected chi connectivity index (χ4v) is 4.90. The van der Waals surface area contributed by atoms with Crippen molar-refractivity contribution in [2.75, 3.05) is 72.5 Å². The molecule has 2 rings (SSSR count). The lowest BCUT2D eigenvalue weighted by molar-refractivity contribution is -0.142. The summed E-state index contributed by atoms with van der Waals surface area (Å²) in [7, 11) is -4.51. The number of ether oxygens (including phenoxy) is 4. The molecule has 0 aliphatic carbocycles. The average molecular weight is 824 g/mol. The maximum absolute atomic E-state index is 14.5. The maximum Gasteiger partial charge on any atom is 0.491 e. The highest BCUT2D eigenvalue weighted by Gasteiger charge is 2.26. The first-order valence-corrected chi connectivity index (χ1v) is 18.2. The van der Waals surface area contributed by atoms with E-state index in [0.29, 0.717) is 25.6 Å². The first-order valence-electron chi connectivity index (χ1n) is 18.2. The van der Waals surface area contributed by atoms with E-state index in [9.17, 15) is 62.8 Å². The van der Waals surface area contributed by atoms with Gasteiger partial charge in [0.05, 0.1) is 45.2 Å². The number of carboxylic acids is 1. The smallest absolute Gasteiger partial charge is 0.480 e. The number of carbonyl (C=O) groups excluding carboxylic acids is 5. The Morgan fingerprint density at radius 1 is 0.655 bits per heavy atom. The average Bonchev–Trinajstić information content (AvgIpc) is 3.18. The quantitative estimate of drug-likeness (QED) is 0.0221. The fraction of sp³-hybridized carbons (Fsp3) is 0.486. The van der Waals surface area contributed by atoms with Gasteiger partial charge in [0.25, 0.3) is 5.91 Å². The molecule has 0 saturated carbocycles. The van der Waals surface area contributed by atoms with Crippen LogP contribution in [0.15, 0.2) is 30.3 Å². The van der Waals surface area contributed by atoms with E-state index in [1.807, 2.05) is 0 Å². The van der Waals surface area contributed by atoms with Gasteiger partial charge in [0, 0.05) is 48.7 Å². The standard InChI is InChI=1S/C35H48B2F2N4O15/c1-2-30(44)40-7-9-55-11-13-57-20-31(45)41-8-10-56-12-14-58-21-32(46)43-29(35(49)50)5-3-4-6-42-34(48)23-15-22(16-24(17-23)36(51)52)33(47)25-18-26(37(53)54)28(39)19-27(25)38/h15-19,29,51-54H,2-14,20-21H2,1H3,(H,40,44)(H,41,45)(H,42,48)(H,43,46)(H,49,50)/t29-/m0/s1. The van der Waals surface area contributed by atoms with E-state index in [2.05, 4.69) is 21.3 Å². The van der Waals surface area contributed by atoms with Crippen molar-refractivity contribution in [1.29, 1.82) is 0 Å². The van der Waals surface area contributed by atoms with Crippen molar-refractivity contribution in [2.24, 2.45) is 0 Å². The molecule has 0 unspecified atom stereocenters. The van der Waals surface area contributed by atoms with Gasteiger partial charge in [0.15, 0.2) is 5.78 Å². The number of carbonyl (C=O) groups is 6. The number of aliphatic carboxylic acids is 1. The molecule has 0 aromatic heterocycles. The Kier molecular flexibility index (Phi) is 22.9. The molecule has 0 aliphatic heterocycles. The summed E-state index contributed by atoms with van der Waals surface area (Å²) in [6.45, 7) is 2.78. The molecule has 1 atom stereocenters. The first kappa shape index (κ1) is 49.3. The van der Waals surface area contributed by atoms with Crippen molar-refractivity contribution in [3.8, 4) is 0 Å². The Hall–Kier alpha value is -4.87. The Morgan fingerprint density at radius 3 is 1.83 bits per heavy atom. The molecule has 0 saturated heterocycles. The van der Waals surface area contributed by atoms with Gasteiger partial charge in [-0.05, 0) is 42.9 Å². The Morgan fingerprint density at radius 2 is 1.24 bits per heavy atom. The highest BCUT2D eigenvalue weighted by Crippen LogP contribution is 2.16.